The lowest BCUT2D eigenvalue weighted by molar-refractivity contribution is -0.163. The number of rotatable bonds is 10. The van der Waals surface area contributed by atoms with Crippen molar-refractivity contribution in [3.8, 4) is 6.07 Å². The average Bonchev–Trinajstić information content (AvgIpc) is 3.55. The summed E-state index contributed by atoms with van der Waals surface area (Å²) >= 11 is 0. The number of fused-ring (bicyclic) bond motifs is 1. The Hall–Kier alpha value is -4.38. The van der Waals surface area contributed by atoms with E-state index in [1.54, 1.807) is 58.0 Å². The molecule has 1 aliphatic rings. The molecule has 3 heterocycles. The number of nitrogens with two attached hydrogens (primary N) is 1. The van der Waals surface area contributed by atoms with E-state index in [-0.39, 0.29) is 29.8 Å². The van der Waals surface area contributed by atoms with Crippen molar-refractivity contribution >= 4 is 29.2 Å². The van der Waals surface area contributed by atoms with Crippen LogP contribution in [-0.2, 0) is 40.6 Å². The molecule has 6 atom stereocenters. The topological polar surface area (TPSA) is 191 Å². The number of ether oxygens (including phenoxy) is 3. The smallest absolute Gasteiger partial charge is 0.323 e. The van der Waals surface area contributed by atoms with Crippen molar-refractivity contribution < 1.29 is 33.7 Å². The fourth-order valence-electron chi connectivity index (χ4n) is 4.73. The first kappa shape index (κ1) is 32.5. The second-order valence-electron chi connectivity index (χ2n) is 12.0. The number of aromatic nitrogens is 3. The molecule has 13 nitrogen and oxygen atoms in total. The number of amides is 1. The maximum atomic E-state index is 13.1. The van der Waals surface area contributed by atoms with E-state index in [2.05, 4.69) is 15.4 Å². The first-order valence-electron chi connectivity index (χ1n) is 14.4. The molecule has 0 saturated carbocycles. The van der Waals surface area contributed by atoms with Gasteiger partial charge in [-0.2, -0.15) is 10.4 Å². The van der Waals surface area contributed by atoms with Gasteiger partial charge >= 0.3 is 11.9 Å². The van der Waals surface area contributed by atoms with Crippen LogP contribution in [0.2, 0.25) is 0 Å². The quantitative estimate of drug-likeness (QED) is 0.287. The van der Waals surface area contributed by atoms with Crippen LogP contribution in [-0.4, -0.2) is 68.5 Å². The third-order valence-corrected chi connectivity index (χ3v) is 7.77. The van der Waals surface area contributed by atoms with Gasteiger partial charge in [0, 0.05) is 5.92 Å². The molecule has 0 radical (unpaired) electrons. The maximum Gasteiger partial charge on any atom is 0.323 e. The predicted octanol–water partition coefficient (Wildman–Crippen LogP) is 2.26. The highest BCUT2D eigenvalue weighted by atomic mass is 16.6. The lowest BCUT2D eigenvalue weighted by atomic mass is 9.87. The Morgan fingerprint density at radius 3 is 2.57 bits per heavy atom. The monoisotopic (exact) mass is 606 g/mol. The normalized spacial score (nSPS) is 23.0. The van der Waals surface area contributed by atoms with E-state index in [0.717, 1.165) is 5.56 Å². The van der Waals surface area contributed by atoms with Crippen LogP contribution in [0.5, 0.6) is 0 Å². The third kappa shape index (κ3) is 6.57. The molecule has 1 aromatic carbocycles. The molecular formula is C31H38N6O7. The second kappa shape index (κ2) is 13.1. The van der Waals surface area contributed by atoms with E-state index in [9.17, 15) is 24.8 Å². The van der Waals surface area contributed by atoms with E-state index in [4.69, 9.17) is 19.9 Å². The number of carbonyl (C=O) groups is 3. The van der Waals surface area contributed by atoms with E-state index in [1.807, 2.05) is 19.1 Å². The fourth-order valence-corrected chi connectivity index (χ4v) is 4.73. The molecule has 1 aliphatic heterocycles. The van der Waals surface area contributed by atoms with Gasteiger partial charge in [-0.05, 0) is 29.5 Å². The van der Waals surface area contributed by atoms with Crippen LogP contribution in [0.4, 0.5) is 5.82 Å². The SMILES string of the molecule is CC[C@@H](C)C(=O)Nc1ncnn2c([C@]3(C#N)O[C@H](COC(=O)Cc4ccccc4)[C@@H](OC(=O)[C@H](N)C(C)(C)C)[C@H]3O)ccc12. The van der Waals surface area contributed by atoms with Crippen molar-refractivity contribution in [2.45, 2.75) is 77.4 Å². The minimum Gasteiger partial charge on any atom is -0.463 e. The van der Waals surface area contributed by atoms with E-state index in [0.29, 0.717) is 11.9 Å². The van der Waals surface area contributed by atoms with Gasteiger partial charge in [-0.1, -0.05) is 65.0 Å². The van der Waals surface area contributed by atoms with Crippen molar-refractivity contribution in [3.63, 3.8) is 0 Å². The van der Waals surface area contributed by atoms with Crippen molar-refractivity contribution in [3.05, 3.63) is 60.0 Å². The van der Waals surface area contributed by atoms with Crippen molar-refractivity contribution in [1.82, 2.24) is 14.6 Å². The molecule has 2 aromatic heterocycles. The van der Waals surface area contributed by atoms with E-state index < -0.39 is 53.9 Å². The number of hydrogen-bond donors (Lipinski definition) is 3. The zero-order valence-electron chi connectivity index (χ0n) is 25.4. The summed E-state index contributed by atoms with van der Waals surface area (Å²) in [5, 5.41) is 29.1. The van der Waals surface area contributed by atoms with Gasteiger partial charge in [0.05, 0.1) is 12.1 Å². The third-order valence-electron chi connectivity index (χ3n) is 7.77. The molecular weight excluding hydrogens is 568 g/mol. The molecule has 1 amide bonds. The van der Waals surface area contributed by atoms with Crippen molar-refractivity contribution in [1.29, 1.82) is 5.26 Å². The Bertz CT molecular complexity index is 1550. The average molecular weight is 607 g/mol. The molecule has 4 rings (SSSR count). The van der Waals surface area contributed by atoms with E-state index >= 15 is 0 Å². The van der Waals surface area contributed by atoms with Crippen LogP contribution in [0.1, 0.15) is 52.3 Å². The molecule has 0 spiro atoms. The Morgan fingerprint density at radius 1 is 1.23 bits per heavy atom. The van der Waals surface area contributed by atoms with Gasteiger partial charge in [-0.3, -0.25) is 14.4 Å². The lowest BCUT2D eigenvalue weighted by Crippen LogP contribution is -2.49. The van der Waals surface area contributed by atoms with Gasteiger partial charge in [0.1, 0.15) is 42.8 Å². The lowest BCUT2D eigenvalue weighted by Gasteiger charge is -2.29. The van der Waals surface area contributed by atoms with Crippen LogP contribution in [0.3, 0.4) is 0 Å². The summed E-state index contributed by atoms with van der Waals surface area (Å²) in [6.07, 6.45) is -2.63. The Morgan fingerprint density at radius 2 is 1.93 bits per heavy atom. The van der Waals surface area contributed by atoms with Crippen LogP contribution < -0.4 is 11.1 Å². The molecule has 13 heteroatoms. The molecule has 44 heavy (non-hydrogen) atoms. The molecule has 0 unspecified atom stereocenters. The number of esters is 2. The van der Waals surface area contributed by atoms with E-state index in [1.165, 1.54) is 16.9 Å². The summed E-state index contributed by atoms with van der Waals surface area (Å²) in [4.78, 5) is 42.5. The Labute approximate surface area is 255 Å². The van der Waals surface area contributed by atoms with Gasteiger partial charge < -0.3 is 30.4 Å². The Kier molecular flexibility index (Phi) is 9.68. The summed E-state index contributed by atoms with van der Waals surface area (Å²) in [5.41, 5.74) is 4.49. The fraction of sp³-hybridized carbons (Fsp3) is 0.484. The van der Waals surface area contributed by atoms with Crippen LogP contribution in [0, 0.1) is 22.7 Å². The first-order chi connectivity index (χ1) is 20.8. The summed E-state index contributed by atoms with van der Waals surface area (Å²) in [5.74, 6) is -1.73. The number of hydrogen-bond acceptors (Lipinski definition) is 11. The van der Waals surface area contributed by atoms with Crippen LogP contribution >= 0.6 is 0 Å². The molecule has 0 aliphatic carbocycles. The highest BCUT2D eigenvalue weighted by molar-refractivity contribution is 5.94. The highest BCUT2D eigenvalue weighted by Crippen LogP contribution is 2.42. The molecule has 4 N–H and O–H groups in total. The summed E-state index contributed by atoms with van der Waals surface area (Å²) in [7, 11) is 0. The minimum absolute atomic E-state index is 0.0235. The van der Waals surface area contributed by atoms with Gasteiger partial charge in [0.15, 0.2) is 11.9 Å². The second-order valence-corrected chi connectivity index (χ2v) is 12.0. The number of nitrogens with zero attached hydrogens (tertiary/aromatic N) is 4. The van der Waals surface area contributed by atoms with Gasteiger partial charge in [0.25, 0.3) is 0 Å². The van der Waals surface area contributed by atoms with Crippen LogP contribution in [0.25, 0.3) is 5.52 Å². The van der Waals surface area contributed by atoms with Crippen LogP contribution in [0.15, 0.2) is 48.8 Å². The molecule has 1 fully saturated rings. The number of carbonyl (C=O) groups excluding carboxylic acids is 3. The zero-order valence-corrected chi connectivity index (χ0v) is 25.4. The number of anilines is 1. The maximum absolute atomic E-state index is 13.1. The number of aliphatic hydroxyl groups excluding tert-OH is 1. The summed E-state index contributed by atoms with van der Waals surface area (Å²) in [6, 6.07) is 13.0. The minimum atomic E-state index is -2.12. The zero-order chi connectivity index (χ0) is 32.2. The highest BCUT2D eigenvalue weighted by Gasteiger charge is 2.60. The van der Waals surface area contributed by atoms with Gasteiger partial charge in [0.2, 0.25) is 11.5 Å². The van der Waals surface area contributed by atoms with Gasteiger partial charge in [-0.25, -0.2) is 9.50 Å². The summed E-state index contributed by atoms with van der Waals surface area (Å²) in [6.45, 7) is 8.51. The summed E-state index contributed by atoms with van der Waals surface area (Å²) < 4.78 is 18.6. The molecule has 1 saturated heterocycles. The number of benzene rings is 1. The van der Waals surface area contributed by atoms with Crippen molar-refractivity contribution in [2.75, 3.05) is 11.9 Å². The Balaban J connectivity index is 1.67. The molecule has 0 bridgehead atoms. The van der Waals surface area contributed by atoms with Crippen molar-refractivity contribution in [2.24, 2.45) is 17.1 Å². The molecule has 234 valence electrons. The van der Waals surface area contributed by atoms with Gasteiger partial charge in [-0.15, -0.1) is 0 Å². The molecule has 3 aromatic rings. The number of aliphatic hydroxyl groups is 1. The standard InChI is InChI=1S/C31H38N6O7/c1-6-18(2)28(40)36-27-20-12-13-22(37(20)35-17-34-27)31(16-32)26(39)24(43-29(41)25(33)30(3,4)5)21(44-31)15-42-23(38)14-19-10-8-7-9-11-19/h7-13,17-18,21,24-26,39H,6,14-15,33H2,1-5H3,(H,34,35,36,40)/t18-,21-,24-,25+,26-,31+/m1/s1. The number of nitrogens with one attached hydrogen (secondary N) is 1. The predicted molar refractivity (Wildman–Crippen MR) is 158 cm³/mol. The largest absolute Gasteiger partial charge is 0.463 e. The first-order valence-corrected chi connectivity index (χ1v) is 14.4. The number of nitriles is 1.